The summed E-state index contributed by atoms with van der Waals surface area (Å²) in [6, 6.07) is 17.1. The Morgan fingerprint density at radius 2 is 1.28 bits per heavy atom. The van der Waals surface area contributed by atoms with Crippen LogP contribution in [0.25, 0.3) is 0 Å². The Labute approximate surface area is 207 Å². The number of carbonyl (C=O) groups excluding carboxylic acids is 1. The first-order chi connectivity index (χ1) is 17.3. The molecule has 0 aliphatic heterocycles. The number of hydrogen-bond donors (Lipinski definition) is 4. The van der Waals surface area contributed by atoms with Crippen molar-refractivity contribution in [2.45, 2.75) is 26.8 Å². The van der Waals surface area contributed by atoms with Crippen molar-refractivity contribution < 1.29 is 13.6 Å². The molecule has 184 valence electrons. The molecule has 0 saturated carbocycles. The fraction of sp³-hybridized carbons (Fsp3) is 0.154. The van der Waals surface area contributed by atoms with Gasteiger partial charge in [0.1, 0.15) is 17.7 Å². The number of carbonyl (C=O) groups is 1. The van der Waals surface area contributed by atoms with Gasteiger partial charge in [0, 0.05) is 5.69 Å². The van der Waals surface area contributed by atoms with Crippen LogP contribution in [-0.4, -0.2) is 26.9 Å². The SMILES string of the molecule is Cc1ccc(C)c(NC(=O)[C@@H](C)Nc2nc(Nc3ccccc3F)nc(Nc3ccccc3F)n2)c1. The average molecular weight is 490 g/mol. The minimum Gasteiger partial charge on any atom is -0.342 e. The zero-order valence-electron chi connectivity index (χ0n) is 19.9. The summed E-state index contributed by atoms with van der Waals surface area (Å²) in [6.45, 7) is 5.49. The molecule has 36 heavy (non-hydrogen) atoms. The smallest absolute Gasteiger partial charge is 0.246 e. The maximum absolute atomic E-state index is 14.2. The maximum Gasteiger partial charge on any atom is 0.246 e. The topological polar surface area (TPSA) is 104 Å². The van der Waals surface area contributed by atoms with Gasteiger partial charge in [-0.2, -0.15) is 15.0 Å². The molecule has 4 aromatic rings. The summed E-state index contributed by atoms with van der Waals surface area (Å²) >= 11 is 0. The van der Waals surface area contributed by atoms with E-state index in [0.717, 1.165) is 11.1 Å². The summed E-state index contributed by atoms with van der Waals surface area (Å²) in [7, 11) is 0. The van der Waals surface area contributed by atoms with Crippen LogP contribution in [0.1, 0.15) is 18.1 Å². The lowest BCUT2D eigenvalue weighted by Gasteiger charge is -2.17. The van der Waals surface area contributed by atoms with Crippen LogP contribution in [0.2, 0.25) is 0 Å². The Kier molecular flexibility index (Phi) is 7.33. The quantitative estimate of drug-likeness (QED) is 0.252. The molecule has 0 radical (unpaired) electrons. The van der Waals surface area contributed by atoms with E-state index in [1.165, 1.54) is 24.3 Å². The highest BCUT2D eigenvalue weighted by Crippen LogP contribution is 2.22. The number of hydrogen-bond acceptors (Lipinski definition) is 7. The molecule has 8 nitrogen and oxygen atoms in total. The van der Waals surface area contributed by atoms with Gasteiger partial charge in [0.25, 0.3) is 0 Å². The Morgan fingerprint density at radius 1 is 0.750 bits per heavy atom. The minimum atomic E-state index is -0.741. The molecule has 4 N–H and O–H groups in total. The normalized spacial score (nSPS) is 11.5. The first-order valence-corrected chi connectivity index (χ1v) is 11.2. The van der Waals surface area contributed by atoms with Crippen molar-refractivity contribution in [2.24, 2.45) is 0 Å². The van der Waals surface area contributed by atoms with E-state index in [1.54, 1.807) is 31.2 Å². The molecule has 0 fully saturated rings. The third kappa shape index (κ3) is 6.09. The number of aromatic nitrogens is 3. The van der Waals surface area contributed by atoms with Gasteiger partial charge in [0.05, 0.1) is 11.4 Å². The Bertz CT molecular complexity index is 1330. The molecule has 0 unspecified atom stereocenters. The van der Waals surface area contributed by atoms with E-state index >= 15 is 0 Å². The maximum atomic E-state index is 14.2. The molecule has 0 aliphatic carbocycles. The molecule has 1 atom stereocenters. The zero-order chi connectivity index (χ0) is 25.7. The van der Waals surface area contributed by atoms with Crippen molar-refractivity contribution >= 4 is 40.8 Å². The predicted octanol–water partition coefficient (Wildman–Crippen LogP) is 5.69. The average Bonchev–Trinajstić information content (AvgIpc) is 2.84. The van der Waals surface area contributed by atoms with Crippen LogP contribution < -0.4 is 21.3 Å². The zero-order valence-corrected chi connectivity index (χ0v) is 19.9. The third-order valence-corrected chi connectivity index (χ3v) is 5.27. The van der Waals surface area contributed by atoms with Crippen molar-refractivity contribution in [3.8, 4) is 0 Å². The van der Waals surface area contributed by atoms with Gasteiger partial charge in [-0.1, -0.05) is 36.4 Å². The number of para-hydroxylation sites is 2. The lowest BCUT2D eigenvalue weighted by molar-refractivity contribution is -0.116. The van der Waals surface area contributed by atoms with Gasteiger partial charge in [-0.15, -0.1) is 0 Å². The van der Waals surface area contributed by atoms with E-state index in [2.05, 4.69) is 36.2 Å². The molecule has 1 amide bonds. The van der Waals surface area contributed by atoms with Crippen LogP contribution in [0.4, 0.5) is 43.7 Å². The van der Waals surface area contributed by atoms with Crippen LogP contribution in [0.5, 0.6) is 0 Å². The van der Waals surface area contributed by atoms with Crippen LogP contribution in [0.3, 0.4) is 0 Å². The first-order valence-electron chi connectivity index (χ1n) is 11.2. The number of amides is 1. The fourth-order valence-corrected chi connectivity index (χ4v) is 3.29. The number of rotatable bonds is 8. The van der Waals surface area contributed by atoms with Gasteiger partial charge < -0.3 is 21.3 Å². The van der Waals surface area contributed by atoms with E-state index in [9.17, 15) is 13.6 Å². The fourth-order valence-electron chi connectivity index (χ4n) is 3.29. The molecule has 3 aromatic carbocycles. The largest absolute Gasteiger partial charge is 0.342 e. The summed E-state index contributed by atoms with van der Waals surface area (Å²) in [4.78, 5) is 25.6. The Morgan fingerprint density at radius 3 is 1.83 bits per heavy atom. The Hall–Kier alpha value is -4.60. The van der Waals surface area contributed by atoms with Crippen molar-refractivity contribution in [1.29, 1.82) is 0 Å². The summed E-state index contributed by atoms with van der Waals surface area (Å²) < 4.78 is 28.4. The molecule has 10 heteroatoms. The van der Waals surface area contributed by atoms with E-state index in [4.69, 9.17) is 0 Å². The second kappa shape index (κ2) is 10.8. The molecule has 0 spiro atoms. The summed E-state index contributed by atoms with van der Waals surface area (Å²) in [5, 5.41) is 11.4. The monoisotopic (exact) mass is 489 g/mol. The summed E-state index contributed by atoms with van der Waals surface area (Å²) in [6.07, 6.45) is 0. The first kappa shape index (κ1) is 24.5. The van der Waals surface area contributed by atoms with Crippen LogP contribution in [0.15, 0.2) is 66.7 Å². The van der Waals surface area contributed by atoms with E-state index in [-0.39, 0.29) is 35.1 Å². The number of nitrogens with zero attached hydrogens (tertiary/aromatic N) is 3. The second-order valence-corrected chi connectivity index (χ2v) is 8.19. The summed E-state index contributed by atoms with van der Waals surface area (Å²) in [5.41, 5.74) is 2.93. The Balaban J connectivity index is 1.59. The number of nitrogens with one attached hydrogen (secondary N) is 4. The molecule has 0 aliphatic rings. The molecule has 1 aromatic heterocycles. The van der Waals surface area contributed by atoms with Gasteiger partial charge >= 0.3 is 0 Å². The second-order valence-electron chi connectivity index (χ2n) is 8.19. The number of halogens is 2. The highest BCUT2D eigenvalue weighted by molar-refractivity contribution is 5.96. The third-order valence-electron chi connectivity index (χ3n) is 5.27. The van der Waals surface area contributed by atoms with Crippen molar-refractivity contribution in [3.05, 3.63) is 89.5 Å². The van der Waals surface area contributed by atoms with Gasteiger partial charge in [0.2, 0.25) is 23.8 Å². The number of benzene rings is 3. The predicted molar refractivity (Wildman–Crippen MR) is 137 cm³/mol. The molecular formula is C26H25F2N7O. The van der Waals surface area contributed by atoms with Crippen molar-refractivity contribution in [2.75, 3.05) is 21.3 Å². The molecule has 0 saturated heterocycles. The minimum absolute atomic E-state index is 0.00132. The van der Waals surface area contributed by atoms with E-state index < -0.39 is 17.7 Å². The van der Waals surface area contributed by atoms with Crippen molar-refractivity contribution in [3.63, 3.8) is 0 Å². The van der Waals surface area contributed by atoms with E-state index in [0.29, 0.717) is 5.69 Å². The molecule has 4 rings (SSSR count). The molecular weight excluding hydrogens is 464 g/mol. The lowest BCUT2D eigenvalue weighted by Crippen LogP contribution is -2.33. The number of aryl methyl sites for hydroxylation is 2. The van der Waals surface area contributed by atoms with E-state index in [1.807, 2.05) is 32.0 Å². The number of anilines is 6. The van der Waals surface area contributed by atoms with Gasteiger partial charge in [0.15, 0.2) is 0 Å². The lowest BCUT2D eigenvalue weighted by atomic mass is 10.1. The van der Waals surface area contributed by atoms with Crippen molar-refractivity contribution in [1.82, 2.24) is 15.0 Å². The highest BCUT2D eigenvalue weighted by Gasteiger charge is 2.17. The van der Waals surface area contributed by atoms with Crippen LogP contribution in [0, 0.1) is 25.5 Å². The highest BCUT2D eigenvalue weighted by atomic mass is 19.1. The molecule has 0 bridgehead atoms. The molecule has 1 heterocycles. The van der Waals surface area contributed by atoms with Crippen LogP contribution in [-0.2, 0) is 4.79 Å². The standard InChI is InChI=1S/C26H25F2N7O/c1-15-12-13-16(2)22(14-15)30-23(36)17(3)29-24-33-25(31-20-10-6-4-8-18(20)27)35-26(34-24)32-21-11-7-5-9-19(21)28/h4-14,17H,1-3H3,(H,30,36)(H3,29,31,32,33,34,35)/t17-/m1/s1. The summed E-state index contributed by atoms with van der Waals surface area (Å²) in [5.74, 6) is -1.28. The van der Waals surface area contributed by atoms with Gasteiger partial charge in [-0.3, -0.25) is 4.79 Å². The van der Waals surface area contributed by atoms with Crippen LogP contribution >= 0.6 is 0 Å². The van der Waals surface area contributed by atoms with Gasteiger partial charge in [-0.05, 0) is 62.2 Å². The van der Waals surface area contributed by atoms with Gasteiger partial charge in [-0.25, -0.2) is 8.78 Å².